The summed E-state index contributed by atoms with van der Waals surface area (Å²) in [5.41, 5.74) is 8.95. The molecule has 0 saturated heterocycles. The second kappa shape index (κ2) is 11.3. The topological polar surface area (TPSA) is 75.3 Å². The number of hydrogen-bond acceptors (Lipinski definition) is 5. The van der Waals surface area contributed by atoms with Gasteiger partial charge in [-0.1, -0.05) is 73.7 Å². The zero-order valence-corrected chi connectivity index (χ0v) is 26.9. The third-order valence-corrected chi connectivity index (χ3v) is 11.3. The summed E-state index contributed by atoms with van der Waals surface area (Å²) in [5, 5.41) is 9.36. The number of rotatable bonds is 6. The van der Waals surface area contributed by atoms with Gasteiger partial charge in [0.15, 0.2) is 17.5 Å². The molecule has 0 spiro atoms. The molecule has 0 bridgehead atoms. The molecular weight excluding hydrogens is 587 g/mol. The van der Waals surface area contributed by atoms with E-state index in [4.69, 9.17) is 19.9 Å². The molecule has 3 aliphatic rings. The predicted octanol–water partition coefficient (Wildman–Crippen LogP) is 9.80. The molecule has 0 aliphatic heterocycles. The Labute approximate surface area is 281 Å². The van der Waals surface area contributed by atoms with Crippen LogP contribution < -0.4 is 0 Å². The van der Waals surface area contributed by atoms with E-state index >= 15 is 0 Å². The molecule has 6 aromatic rings. The second-order valence-corrected chi connectivity index (χ2v) is 14.3. The van der Waals surface area contributed by atoms with Gasteiger partial charge in [0, 0.05) is 28.5 Å². The van der Waals surface area contributed by atoms with Crippen molar-refractivity contribution in [3.05, 3.63) is 133 Å². The average molecular weight is 622 g/mol. The summed E-state index contributed by atoms with van der Waals surface area (Å²) < 4.78 is 0. The lowest BCUT2D eigenvalue weighted by Gasteiger charge is -2.65. The molecular formula is C43H35N5. The number of pyridine rings is 1. The van der Waals surface area contributed by atoms with Crippen molar-refractivity contribution in [2.75, 3.05) is 0 Å². The summed E-state index contributed by atoms with van der Waals surface area (Å²) >= 11 is 0. The SMILES string of the molecule is CC1(c2ccc(-c3cc(-c4ccccc4)cc(-c4nc(-c5ccccc5)nc(-c5ccc(C#N)cc5)n4)c3)nc2)C[C@H]2C[C@@H]3C[C@@H](C1)C32. The van der Waals surface area contributed by atoms with Crippen LogP contribution in [0, 0.1) is 35.0 Å². The molecule has 3 aliphatic carbocycles. The third-order valence-electron chi connectivity index (χ3n) is 11.3. The fraction of sp³-hybridized carbons (Fsp3) is 0.233. The molecule has 5 atom stereocenters. The summed E-state index contributed by atoms with van der Waals surface area (Å²) in [4.78, 5) is 20.0. The Morgan fingerprint density at radius 3 is 1.73 bits per heavy atom. The van der Waals surface area contributed by atoms with Crippen LogP contribution in [-0.4, -0.2) is 19.9 Å². The smallest absolute Gasteiger partial charge is 0.164 e. The Hall–Kier alpha value is -5.47. The van der Waals surface area contributed by atoms with Gasteiger partial charge < -0.3 is 0 Å². The highest BCUT2D eigenvalue weighted by atomic mass is 15.0. The molecule has 232 valence electrons. The Balaban J connectivity index is 1.14. The van der Waals surface area contributed by atoms with Gasteiger partial charge in [-0.15, -0.1) is 0 Å². The zero-order valence-electron chi connectivity index (χ0n) is 26.9. The monoisotopic (exact) mass is 621 g/mol. The van der Waals surface area contributed by atoms with Crippen molar-refractivity contribution in [1.82, 2.24) is 19.9 Å². The molecule has 2 unspecified atom stereocenters. The van der Waals surface area contributed by atoms with Crippen LogP contribution in [-0.2, 0) is 5.41 Å². The quantitative estimate of drug-likeness (QED) is 0.185. The lowest BCUT2D eigenvalue weighted by atomic mass is 9.40. The molecule has 3 fully saturated rings. The summed E-state index contributed by atoms with van der Waals surface area (Å²) in [6.07, 6.45) is 7.60. The van der Waals surface area contributed by atoms with Crippen molar-refractivity contribution in [2.24, 2.45) is 23.7 Å². The number of aromatic nitrogens is 4. The Bertz CT molecular complexity index is 2150. The predicted molar refractivity (Wildman–Crippen MR) is 189 cm³/mol. The molecule has 3 saturated carbocycles. The number of hydrogen-bond donors (Lipinski definition) is 0. The van der Waals surface area contributed by atoms with E-state index in [1.807, 2.05) is 48.5 Å². The first-order chi connectivity index (χ1) is 23.5. The fourth-order valence-electron chi connectivity index (χ4n) is 8.85. The minimum absolute atomic E-state index is 0.209. The van der Waals surface area contributed by atoms with Crippen LogP contribution >= 0.6 is 0 Å². The fourth-order valence-corrected chi connectivity index (χ4v) is 8.85. The van der Waals surface area contributed by atoms with Gasteiger partial charge in [-0.25, -0.2) is 15.0 Å². The molecule has 9 rings (SSSR count). The highest BCUT2D eigenvalue weighted by Gasteiger charge is 2.59. The second-order valence-electron chi connectivity index (χ2n) is 14.3. The Morgan fingerprint density at radius 1 is 0.583 bits per heavy atom. The minimum atomic E-state index is 0.209. The average Bonchev–Trinajstić information content (AvgIpc) is 3.13. The van der Waals surface area contributed by atoms with Crippen molar-refractivity contribution in [2.45, 2.75) is 38.0 Å². The van der Waals surface area contributed by atoms with Crippen LogP contribution in [0.2, 0.25) is 0 Å². The van der Waals surface area contributed by atoms with Gasteiger partial charge in [-0.2, -0.15) is 5.26 Å². The molecule has 48 heavy (non-hydrogen) atoms. The molecule has 0 amide bonds. The van der Waals surface area contributed by atoms with Crippen molar-refractivity contribution in [1.29, 1.82) is 5.26 Å². The largest absolute Gasteiger partial charge is 0.256 e. The summed E-state index contributed by atoms with van der Waals surface area (Å²) in [6, 6.07) is 41.1. The lowest BCUT2D eigenvalue weighted by Crippen LogP contribution is -2.58. The van der Waals surface area contributed by atoms with Gasteiger partial charge in [0.1, 0.15) is 0 Å². The van der Waals surface area contributed by atoms with Crippen molar-refractivity contribution in [3.8, 4) is 62.6 Å². The molecule has 0 N–H and O–H groups in total. The highest BCUT2D eigenvalue weighted by Crippen LogP contribution is 2.67. The van der Waals surface area contributed by atoms with E-state index < -0.39 is 0 Å². The number of nitrogens with zero attached hydrogens (tertiary/aromatic N) is 5. The summed E-state index contributed by atoms with van der Waals surface area (Å²) in [6.45, 7) is 2.47. The van der Waals surface area contributed by atoms with Gasteiger partial charge in [0.25, 0.3) is 0 Å². The first-order valence-electron chi connectivity index (χ1n) is 17.0. The molecule has 4 aromatic carbocycles. The van der Waals surface area contributed by atoms with Gasteiger partial charge in [0.05, 0.1) is 17.3 Å². The number of nitriles is 1. The van der Waals surface area contributed by atoms with Crippen molar-refractivity contribution < 1.29 is 0 Å². The maximum absolute atomic E-state index is 9.36. The van der Waals surface area contributed by atoms with Gasteiger partial charge in [-0.3, -0.25) is 4.98 Å². The van der Waals surface area contributed by atoms with E-state index in [1.165, 1.54) is 31.2 Å². The first-order valence-corrected chi connectivity index (χ1v) is 17.0. The maximum Gasteiger partial charge on any atom is 0.164 e. The van der Waals surface area contributed by atoms with Crippen LogP contribution in [0.4, 0.5) is 0 Å². The van der Waals surface area contributed by atoms with E-state index in [9.17, 15) is 5.26 Å². The van der Waals surface area contributed by atoms with Crippen LogP contribution in [0.15, 0.2) is 121 Å². The Kier molecular flexibility index (Phi) is 6.79. The summed E-state index contributed by atoms with van der Waals surface area (Å²) in [5.74, 6) is 5.61. The van der Waals surface area contributed by atoms with Gasteiger partial charge in [-0.05, 0) is 120 Å². The van der Waals surface area contributed by atoms with Crippen LogP contribution in [0.1, 0.15) is 43.7 Å². The van der Waals surface area contributed by atoms with E-state index in [2.05, 4.69) is 73.8 Å². The van der Waals surface area contributed by atoms with Crippen LogP contribution in [0.3, 0.4) is 0 Å². The van der Waals surface area contributed by atoms with Crippen molar-refractivity contribution >= 4 is 0 Å². The Morgan fingerprint density at radius 2 is 1.15 bits per heavy atom. The van der Waals surface area contributed by atoms with E-state index in [0.717, 1.165) is 62.7 Å². The molecule has 2 heterocycles. The lowest BCUT2D eigenvalue weighted by molar-refractivity contribution is -0.141. The zero-order chi connectivity index (χ0) is 32.2. The van der Waals surface area contributed by atoms with Crippen LogP contribution in [0.25, 0.3) is 56.5 Å². The normalized spacial score (nSPS) is 23.7. The molecule has 5 nitrogen and oxygen atoms in total. The van der Waals surface area contributed by atoms with Gasteiger partial charge >= 0.3 is 0 Å². The molecule has 5 heteroatoms. The van der Waals surface area contributed by atoms with Crippen LogP contribution in [0.5, 0.6) is 0 Å². The van der Waals surface area contributed by atoms with Crippen molar-refractivity contribution in [3.63, 3.8) is 0 Å². The van der Waals surface area contributed by atoms with E-state index in [0.29, 0.717) is 23.0 Å². The number of benzene rings is 4. The molecule has 0 radical (unpaired) electrons. The maximum atomic E-state index is 9.36. The molecule has 2 aromatic heterocycles. The minimum Gasteiger partial charge on any atom is -0.256 e. The first kappa shape index (κ1) is 28.7. The standard InChI is InChI=1S/C43H35N5/c1-43(23-35-21-33-22-36(24-43)39(33)35)37-16-17-38(45-26-37)32-18-31(28-8-4-2-5-9-28)19-34(20-32)42-47-40(29-10-6-3-7-11-29)46-41(48-42)30-14-12-27(25-44)13-15-30/h2-20,26,33,35-36,39H,21-24H2,1H3/t33-,35-,36+,39?,43?. The third kappa shape index (κ3) is 5.00. The highest BCUT2D eigenvalue weighted by molar-refractivity contribution is 5.79. The van der Waals surface area contributed by atoms with E-state index in [-0.39, 0.29) is 5.41 Å². The van der Waals surface area contributed by atoms with E-state index in [1.54, 1.807) is 12.1 Å². The summed E-state index contributed by atoms with van der Waals surface area (Å²) in [7, 11) is 0. The van der Waals surface area contributed by atoms with Gasteiger partial charge in [0.2, 0.25) is 0 Å².